The highest BCUT2D eigenvalue weighted by Gasteiger charge is 2.29. The van der Waals surface area contributed by atoms with Gasteiger partial charge in [0.1, 0.15) is 23.7 Å². The summed E-state index contributed by atoms with van der Waals surface area (Å²) in [6, 6.07) is 10.5. The monoisotopic (exact) mass is 479 g/mol. The average molecular weight is 480 g/mol. The molecule has 7 nitrogen and oxygen atoms in total. The van der Waals surface area contributed by atoms with E-state index >= 15 is 4.39 Å². The first-order valence-electron chi connectivity index (χ1n) is 12.1. The number of benzene rings is 2. The number of nitrogens with zero attached hydrogens (tertiary/aromatic N) is 3. The zero-order valence-corrected chi connectivity index (χ0v) is 20.1. The maximum atomic E-state index is 15.3. The van der Waals surface area contributed by atoms with E-state index < -0.39 is 17.2 Å². The Labute approximate surface area is 203 Å². The van der Waals surface area contributed by atoms with Crippen LogP contribution in [0, 0.1) is 5.82 Å². The molecular formula is C27H30FN3O4. The summed E-state index contributed by atoms with van der Waals surface area (Å²) in [7, 11) is 1.57. The average Bonchev–Trinajstić information content (AvgIpc) is 3.73. The third kappa shape index (κ3) is 4.75. The van der Waals surface area contributed by atoms with E-state index in [1.54, 1.807) is 37.6 Å². The summed E-state index contributed by atoms with van der Waals surface area (Å²) in [5.41, 5.74) is 1.34. The van der Waals surface area contributed by atoms with Crippen LogP contribution in [0.25, 0.3) is 10.9 Å². The number of rotatable bonds is 7. The topological polar surface area (TPSA) is 64.0 Å². The van der Waals surface area contributed by atoms with Crippen LogP contribution in [0.15, 0.2) is 47.4 Å². The molecule has 35 heavy (non-hydrogen) atoms. The molecule has 3 aromatic rings. The van der Waals surface area contributed by atoms with Gasteiger partial charge in [-0.2, -0.15) is 0 Å². The number of hydrogen-bond acceptors (Lipinski definition) is 6. The van der Waals surface area contributed by atoms with Gasteiger partial charge >= 0.3 is 5.97 Å². The van der Waals surface area contributed by atoms with Gasteiger partial charge in [-0.1, -0.05) is 19.1 Å². The molecule has 1 aliphatic carbocycles. The fourth-order valence-electron chi connectivity index (χ4n) is 4.70. The molecule has 0 amide bonds. The van der Waals surface area contributed by atoms with E-state index in [2.05, 4.69) is 11.8 Å². The number of pyridine rings is 1. The largest absolute Gasteiger partial charge is 0.497 e. The molecule has 1 saturated carbocycles. The Hall–Kier alpha value is -3.39. The zero-order chi connectivity index (χ0) is 24.5. The first-order valence-corrected chi connectivity index (χ1v) is 12.1. The summed E-state index contributed by atoms with van der Waals surface area (Å²) >= 11 is 0. The van der Waals surface area contributed by atoms with Gasteiger partial charge in [0.05, 0.1) is 18.3 Å². The van der Waals surface area contributed by atoms with Crippen LogP contribution >= 0.6 is 0 Å². The van der Waals surface area contributed by atoms with Gasteiger partial charge in [-0.15, -0.1) is 0 Å². The molecule has 5 rings (SSSR count). The number of fused-ring (bicyclic) bond motifs is 1. The Morgan fingerprint density at radius 1 is 1.11 bits per heavy atom. The van der Waals surface area contributed by atoms with Crippen LogP contribution in [-0.4, -0.2) is 55.3 Å². The molecule has 0 unspecified atom stereocenters. The Kier molecular flexibility index (Phi) is 6.47. The van der Waals surface area contributed by atoms with E-state index in [1.165, 1.54) is 6.07 Å². The Morgan fingerprint density at radius 3 is 2.57 bits per heavy atom. The summed E-state index contributed by atoms with van der Waals surface area (Å²) in [4.78, 5) is 30.6. The molecule has 2 aliphatic rings. The molecule has 0 atom stereocenters. The van der Waals surface area contributed by atoms with Crippen LogP contribution in [0.4, 0.5) is 10.1 Å². The maximum Gasteiger partial charge on any atom is 0.343 e. The van der Waals surface area contributed by atoms with Crippen molar-refractivity contribution in [3.05, 3.63) is 69.8 Å². The van der Waals surface area contributed by atoms with Gasteiger partial charge in [0.25, 0.3) is 0 Å². The van der Waals surface area contributed by atoms with E-state index in [0.717, 1.165) is 51.1 Å². The van der Waals surface area contributed by atoms with Crippen LogP contribution < -0.4 is 15.1 Å². The zero-order valence-electron chi connectivity index (χ0n) is 20.1. The number of ether oxygens (including phenoxy) is 2. The Bertz CT molecular complexity index is 1310. The molecule has 1 aromatic heterocycles. The minimum atomic E-state index is -0.714. The van der Waals surface area contributed by atoms with E-state index in [4.69, 9.17) is 9.47 Å². The molecule has 2 aromatic carbocycles. The van der Waals surface area contributed by atoms with Crippen LogP contribution in [-0.2, 0) is 11.3 Å². The number of aromatic nitrogens is 1. The quantitative estimate of drug-likeness (QED) is 0.478. The van der Waals surface area contributed by atoms with Crippen LogP contribution in [0.5, 0.6) is 5.75 Å². The second-order valence-electron chi connectivity index (χ2n) is 9.18. The van der Waals surface area contributed by atoms with Crippen molar-refractivity contribution in [3.8, 4) is 5.75 Å². The Morgan fingerprint density at radius 2 is 1.89 bits per heavy atom. The van der Waals surface area contributed by atoms with Crippen molar-refractivity contribution in [3.63, 3.8) is 0 Å². The van der Waals surface area contributed by atoms with Crippen molar-refractivity contribution in [1.82, 2.24) is 9.47 Å². The molecule has 2 heterocycles. The SMILES string of the molecule is CCN1CCN(c2cc3c(cc2F)c(=O)c(C(=O)OCc2cccc(OC)c2)cn3C2CC2)CC1. The number of hydrogen-bond donors (Lipinski definition) is 0. The third-order valence-electron chi connectivity index (χ3n) is 6.93. The van der Waals surface area contributed by atoms with Crippen LogP contribution in [0.3, 0.4) is 0 Å². The highest BCUT2D eigenvalue weighted by Crippen LogP contribution is 2.38. The summed E-state index contributed by atoms with van der Waals surface area (Å²) in [5.74, 6) is -0.499. The number of halogens is 1. The van der Waals surface area contributed by atoms with E-state index in [0.29, 0.717) is 17.0 Å². The van der Waals surface area contributed by atoms with Crippen LogP contribution in [0.2, 0.25) is 0 Å². The molecule has 0 spiro atoms. The van der Waals surface area contributed by atoms with E-state index in [1.807, 2.05) is 15.5 Å². The predicted molar refractivity (Wildman–Crippen MR) is 133 cm³/mol. The van der Waals surface area contributed by atoms with Gasteiger partial charge in [-0.3, -0.25) is 4.79 Å². The van der Waals surface area contributed by atoms with Gasteiger partial charge < -0.3 is 23.8 Å². The summed E-state index contributed by atoms with van der Waals surface area (Å²) < 4.78 is 27.9. The lowest BCUT2D eigenvalue weighted by atomic mass is 10.1. The van der Waals surface area contributed by atoms with E-state index in [-0.39, 0.29) is 23.6 Å². The van der Waals surface area contributed by atoms with Crippen molar-refractivity contribution < 1.29 is 18.7 Å². The molecule has 0 radical (unpaired) electrons. The number of methoxy groups -OCH3 is 1. The first-order chi connectivity index (χ1) is 17.0. The second-order valence-corrected chi connectivity index (χ2v) is 9.18. The summed E-state index contributed by atoms with van der Waals surface area (Å²) in [6.07, 6.45) is 3.50. The first kappa shape index (κ1) is 23.4. The third-order valence-corrected chi connectivity index (χ3v) is 6.93. The predicted octanol–water partition coefficient (Wildman–Crippen LogP) is 3.98. The number of esters is 1. The molecule has 0 N–H and O–H groups in total. The number of likely N-dealkylation sites (N-methyl/N-ethyl adjacent to an activating group) is 1. The van der Waals surface area contributed by atoms with E-state index in [9.17, 15) is 9.59 Å². The fourth-order valence-corrected chi connectivity index (χ4v) is 4.70. The van der Waals surface area contributed by atoms with Crippen molar-refractivity contribution >= 4 is 22.6 Å². The van der Waals surface area contributed by atoms with Gasteiger partial charge in [0.15, 0.2) is 0 Å². The highest BCUT2D eigenvalue weighted by atomic mass is 19.1. The summed E-state index contributed by atoms with van der Waals surface area (Å²) in [5, 5.41) is 0.209. The number of carbonyl (C=O) groups excluding carboxylic acids is 1. The lowest BCUT2D eigenvalue weighted by Gasteiger charge is -2.35. The smallest absolute Gasteiger partial charge is 0.343 e. The minimum Gasteiger partial charge on any atom is -0.497 e. The fraction of sp³-hybridized carbons (Fsp3) is 0.407. The van der Waals surface area contributed by atoms with Gasteiger partial charge in [-0.25, -0.2) is 9.18 Å². The molecule has 1 saturated heterocycles. The number of piperazine rings is 1. The second kappa shape index (κ2) is 9.70. The maximum absolute atomic E-state index is 15.3. The van der Waals surface area contributed by atoms with Crippen molar-refractivity contribution in [2.24, 2.45) is 0 Å². The van der Waals surface area contributed by atoms with Gasteiger partial charge in [-0.05, 0) is 49.2 Å². The van der Waals surface area contributed by atoms with Crippen LogP contribution in [0.1, 0.15) is 41.7 Å². The normalized spacial score (nSPS) is 16.5. The minimum absolute atomic E-state index is 0.00791. The summed E-state index contributed by atoms with van der Waals surface area (Å²) in [6.45, 7) is 6.33. The lowest BCUT2D eigenvalue weighted by molar-refractivity contribution is 0.0470. The molecule has 184 valence electrons. The van der Waals surface area contributed by atoms with Crippen molar-refractivity contribution in [2.45, 2.75) is 32.4 Å². The lowest BCUT2D eigenvalue weighted by Crippen LogP contribution is -2.46. The van der Waals surface area contributed by atoms with Gasteiger partial charge in [0.2, 0.25) is 5.43 Å². The molecule has 1 aliphatic heterocycles. The molecule has 0 bridgehead atoms. The standard InChI is InChI=1S/C27H30FN3O4/c1-3-29-9-11-30(12-10-29)25-15-24-21(14-23(25)28)26(32)22(16-31(24)19-7-8-19)27(33)35-17-18-5-4-6-20(13-18)34-2/h4-6,13-16,19H,3,7-12,17H2,1-2H3. The van der Waals surface area contributed by atoms with Gasteiger partial charge in [0, 0.05) is 43.8 Å². The number of carbonyl (C=O) groups is 1. The highest BCUT2D eigenvalue weighted by molar-refractivity contribution is 5.94. The van der Waals surface area contributed by atoms with Crippen molar-refractivity contribution in [1.29, 1.82) is 0 Å². The molecule has 8 heteroatoms. The molecular weight excluding hydrogens is 449 g/mol. The molecule has 2 fully saturated rings. The Balaban J connectivity index is 1.46. The van der Waals surface area contributed by atoms with Crippen molar-refractivity contribution in [2.75, 3.05) is 44.7 Å². The number of anilines is 1.